The fourth-order valence-corrected chi connectivity index (χ4v) is 2.44. The maximum Gasteiger partial charge on any atom is 0.333 e. The second-order valence-electron chi connectivity index (χ2n) is 6.53. The second kappa shape index (κ2) is 9.53. The quantitative estimate of drug-likeness (QED) is 0.511. The van der Waals surface area contributed by atoms with Crippen LogP contribution in [0.3, 0.4) is 0 Å². The lowest BCUT2D eigenvalue weighted by Gasteiger charge is -2.09. The molecular weight excluding hydrogens is 340 g/mol. The van der Waals surface area contributed by atoms with Crippen LogP contribution in [0, 0.1) is 0 Å². The van der Waals surface area contributed by atoms with Crippen LogP contribution in [0.2, 0.25) is 0 Å². The van der Waals surface area contributed by atoms with Crippen LogP contribution in [0.4, 0.5) is 0 Å². The van der Waals surface area contributed by atoms with Crippen molar-refractivity contribution in [1.82, 2.24) is 0 Å². The van der Waals surface area contributed by atoms with Crippen molar-refractivity contribution in [3.63, 3.8) is 0 Å². The zero-order valence-corrected chi connectivity index (χ0v) is 15.8. The summed E-state index contributed by atoms with van der Waals surface area (Å²) in [6.07, 6.45) is 0.727. The van der Waals surface area contributed by atoms with Crippen LogP contribution in [0.25, 0.3) is 0 Å². The number of hydrogen-bond donors (Lipinski definition) is 0. The van der Waals surface area contributed by atoms with Crippen molar-refractivity contribution in [2.45, 2.75) is 33.5 Å². The number of hydrogen-bond acceptors (Lipinski definition) is 4. The van der Waals surface area contributed by atoms with Gasteiger partial charge in [-0.15, -0.1) is 0 Å². The van der Waals surface area contributed by atoms with E-state index < -0.39 is 11.9 Å². The van der Waals surface area contributed by atoms with E-state index in [9.17, 15) is 9.59 Å². The second-order valence-corrected chi connectivity index (χ2v) is 6.53. The lowest BCUT2D eigenvalue weighted by atomic mass is 10.0. The Morgan fingerprint density at radius 1 is 0.741 bits per heavy atom. The van der Waals surface area contributed by atoms with E-state index in [2.05, 4.69) is 13.2 Å². The molecule has 0 atom stereocenters. The molecule has 0 amide bonds. The normalized spacial score (nSPS) is 10.1. The van der Waals surface area contributed by atoms with Crippen LogP contribution in [0.15, 0.2) is 72.8 Å². The van der Waals surface area contributed by atoms with E-state index in [1.165, 1.54) is 0 Å². The van der Waals surface area contributed by atoms with Gasteiger partial charge in [0.1, 0.15) is 13.2 Å². The Hall–Kier alpha value is -3.14. The summed E-state index contributed by atoms with van der Waals surface area (Å²) in [4.78, 5) is 23.0. The molecule has 0 aliphatic carbocycles. The molecule has 0 unspecified atom stereocenters. The summed E-state index contributed by atoms with van der Waals surface area (Å²) < 4.78 is 10.4. The van der Waals surface area contributed by atoms with Gasteiger partial charge in [0, 0.05) is 11.1 Å². The van der Waals surface area contributed by atoms with Crippen molar-refractivity contribution in [2.75, 3.05) is 0 Å². The number of ether oxygens (including phenoxy) is 2. The van der Waals surface area contributed by atoms with Crippen molar-refractivity contribution >= 4 is 11.9 Å². The molecule has 0 N–H and O–H groups in total. The van der Waals surface area contributed by atoms with Crippen LogP contribution < -0.4 is 0 Å². The van der Waals surface area contributed by atoms with Gasteiger partial charge in [-0.05, 0) is 42.5 Å². The smallest absolute Gasteiger partial charge is 0.333 e. The van der Waals surface area contributed by atoms with E-state index in [0.717, 1.165) is 28.7 Å². The number of carbonyl (C=O) groups is 2. The van der Waals surface area contributed by atoms with E-state index in [0.29, 0.717) is 11.1 Å². The molecular formula is C23H24O4. The standard InChI is InChI=1S/C23H24O4/c1-16(2)22(24)26-14-20-9-5-7-18(12-20)11-19-8-6-10-21(13-19)15-27-23(25)17(3)4/h5-10,12-13H,1,3,11,14-15H2,2,4H3. The van der Waals surface area contributed by atoms with Crippen LogP contribution in [-0.2, 0) is 38.7 Å². The van der Waals surface area contributed by atoms with E-state index in [1.807, 2.05) is 48.5 Å². The zero-order chi connectivity index (χ0) is 19.8. The van der Waals surface area contributed by atoms with Gasteiger partial charge in [-0.2, -0.15) is 0 Å². The summed E-state index contributed by atoms with van der Waals surface area (Å²) in [5, 5.41) is 0. The highest BCUT2D eigenvalue weighted by atomic mass is 16.5. The van der Waals surface area contributed by atoms with Gasteiger partial charge in [0.25, 0.3) is 0 Å². The first-order valence-corrected chi connectivity index (χ1v) is 8.66. The number of rotatable bonds is 8. The molecule has 140 valence electrons. The summed E-state index contributed by atoms with van der Waals surface area (Å²) in [6, 6.07) is 15.8. The molecule has 0 spiro atoms. The van der Waals surface area contributed by atoms with Crippen LogP contribution in [-0.4, -0.2) is 11.9 Å². The van der Waals surface area contributed by atoms with Crippen molar-refractivity contribution in [2.24, 2.45) is 0 Å². The topological polar surface area (TPSA) is 52.6 Å². The highest BCUT2D eigenvalue weighted by Crippen LogP contribution is 2.15. The van der Waals surface area contributed by atoms with Gasteiger partial charge in [0.15, 0.2) is 0 Å². The molecule has 0 aromatic heterocycles. The SMILES string of the molecule is C=C(C)C(=O)OCc1cccc(Cc2cccc(COC(=O)C(=C)C)c2)c1. The zero-order valence-electron chi connectivity index (χ0n) is 15.8. The minimum atomic E-state index is -0.391. The van der Waals surface area contributed by atoms with Gasteiger partial charge in [-0.3, -0.25) is 0 Å². The van der Waals surface area contributed by atoms with Gasteiger partial charge >= 0.3 is 11.9 Å². The third-order valence-corrected chi connectivity index (χ3v) is 3.83. The third kappa shape index (κ3) is 6.59. The summed E-state index contributed by atoms with van der Waals surface area (Å²) in [5.74, 6) is -0.783. The van der Waals surface area contributed by atoms with Gasteiger partial charge in [-0.1, -0.05) is 61.7 Å². The minimum Gasteiger partial charge on any atom is -0.457 e. The lowest BCUT2D eigenvalue weighted by molar-refractivity contribution is -0.141. The van der Waals surface area contributed by atoms with Crippen LogP contribution >= 0.6 is 0 Å². The van der Waals surface area contributed by atoms with Gasteiger partial charge in [0.05, 0.1) is 0 Å². The highest BCUT2D eigenvalue weighted by molar-refractivity contribution is 5.87. The Morgan fingerprint density at radius 2 is 1.11 bits per heavy atom. The van der Waals surface area contributed by atoms with Gasteiger partial charge in [-0.25, -0.2) is 9.59 Å². The maximum atomic E-state index is 11.5. The first-order valence-electron chi connectivity index (χ1n) is 8.66. The largest absolute Gasteiger partial charge is 0.457 e. The van der Waals surface area contributed by atoms with Crippen molar-refractivity contribution in [3.05, 3.63) is 95.1 Å². The molecule has 0 saturated heterocycles. The van der Waals surface area contributed by atoms with E-state index in [4.69, 9.17) is 9.47 Å². The average molecular weight is 364 g/mol. The Kier molecular flexibility index (Phi) is 7.12. The average Bonchev–Trinajstić information content (AvgIpc) is 2.64. The molecule has 27 heavy (non-hydrogen) atoms. The Labute approximate surface area is 160 Å². The summed E-state index contributed by atoms with van der Waals surface area (Å²) in [6.45, 7) is 10.8. The summed E-state index contributed by atoms with van der Waals surface area (Å²) in [7, 11) is 0. The van der Waals surface area contributed by atoms with Crippen molar-refractivity contribution in [3.8, 4) is 0 Å². The number of carbonyl (C=O) groups excluding carboxylic acids is 2. The van der Waals surface area contributed by atoms with E-state index >= 15 is 0 Å². The van der Waals surface area contributed by atoms with Crippen molar-refractivity contribution < 1.29 is 19.1 Å². The lowest BCUT2D eigenvalue weighted by Crippen LogP contribution is -2.05. The highest BCUT2D eigenvalue weighted by Gasteiger charge is 2.06. The van der Waals surface area contributed by atoms with Gasteiger partial charge < -0.3 is 9.47 Å². The molecule has 0 aliphatic heterocycles. The Balaban J connectivity index is 2.00. The minimum absolute atomic E-state index is 0.219. The predicted octanol–water partition coefficient (Wildman–Crippen LogP) is 4.52. The summed E-state index contributed by atoms with van der Waals surface area (Å²) in [5.41, 5.74) is 4.83. The molecule has 2 rings (SSSR count). The Bertz CT molecular complexity index is 793. The van der Waals surface area contributed by atoms with Crippen molar-refractivity contribution in [1.29, 1.82) is 0 Å². The summed E-state index contributed by atoms with van der Waals surface area (Å²) >= 11 is 0. The molecule has 4 heteroatoms. The first-order chi connectivity index (χ1) is 12.8. The van der Waals surface area contributed by atoms with Gasteiger partial charge in [0.2, 0.25) is 0 Å². The third-order valence-electron chi connectivity index (χ3n) is 3.83. The van der Waals surface area contributed by atoms with E-state index in [1.54, 1.807) is 13.8 Å². The molecule has 2 aromatic carbocycles. The molecule has 0 fully saturated rings. The molecule has 0 bridgehead atoms. The fourth-order valence-electron chi connectivity index (χ4n) is 2.44. The predicted molar refractivity (Wildman–Crippen MR) is 105 cm³/mol. The molecule has 0 aliphatic rings. The maximum absolute atomic E-state index is 11.5. The molecule has 0 radical (unpaired) electrons. The van der Waals surface area contributed by atoms with Crippen LogP contribution in [0.1, 0.15) is 36.1 Å². The first kappa shape index (κ1) is 20.2. The van der Waals surface area contributed by atoms with E-state index in [-0.39, 0.29) is 13.2 Å². The molecule has 2 aromatic rings. The Morgan fingerprint density at radius 3 is 1.48 bits per heavy atom. The molecule has 4 nitrogen and oxygen atoms in total. The monoisotopic (exact) mass is 364 g/mol. The fraction of sp³-hybridized carbons (Fsp3) is 0.217. The number of benzene rings is 2. The number of esters is 2. The molecule has 0 saturated carbocycles. The molecule has 0 heterocycles. The van der Waals surface area contributed by atoms with Crippen LogP contribution in [0.5, 0.6) is 0 Å².